The average molecular weight is 273 g/mol. The van der Waals surface area contributed by atoms with Crippen molar-refractivity contribution in [2.75, 3.05) is 6.61 Å². The Labute approximate surface area is 120 Å². The quantitative estimate of drug-likeness (QED) is 0.611. The lowest BCUT2D eigenvalue weighted by molar-refractivity contribution is 0.147. The molecule has 1 aromatic heterocycles. The van der Waals surface area contributed by atoms with Gasteiger partial charge in [-0.3, -0.25) is 0 Å². The first-order valence-corrected chi connectivity index (χ1v) is 7.14. The van der Waals surface area contributed by atoms with Crippen molar-refractivity contribution in [2.24, 2.45) is 0 Å². The molecule has 3 heteroatoms. The normalized spacial score (nSPS) is 12.0. The predicted octanol–water partition coefficient (Wildman–Crippen LogP) is 4.02. The first-order chi connectivity index (χ1) is 9.72. The van der Waals surface area contributed by atoms with Gasteiger partial charge >= 0.3 is 0 Å². The van der Waals surface area contributed by atoms with E-state index < -0.39 is 0 Å². The molecule has 3 nitrogen and oxygen atoms in total. The van der Waals surface area contributed by atoms with E-state index in [0.717, 1.165) is 28.8 Å². The van der Waals surface area contributed by atoms with Gasteiger partial charge in [0.2, 0.25) is 0 Å². The highest BCUT2D eigenvalue weighted by molar-refractivity contribution is 5.82. The van der Waals surface area contributed by atoms with Crippen LogP contribution in [0, 0.1) is 0 Å². The van der Waals surface area contributed by atoms with E-state index in [1.54, 1.807) is 0 Å². The maximum Gasteiger partial charge on any atom is 0.134 e. The summed E-state index contributed by atoms with van der Waals surface area (Å²) in [5.74, 6) is 0.973. The molecule has 2 aromatic rings. The Morgan fingerprint density at radius 3 is 2.85 bits per heavy atom. The van der Waals surface area contributed by atoms with Gasteiger partial charge in [-0.25, -0.2) is 0 Å². The van der Waals surface area contributed by atoms with Crippen molar-refractivity contribution in [3.63, 3.8) is 0 Å². The van der Waals surface area contributed by atoms with Crippen LogP contribution in [0.1, 0.15) is 32.1 Å². The highest BCUT2D eigenvalue weighted by atomic mass is 16.5. The van der Waals surface area contributed by atoms with Gasteiger partial charge in [-0.1, -0.05) is 44.2 Å². The number of hydrogen-bond acceptors (Lipinski definition) is 3. The topological polar surface area (TPSA) is 34.4 Å². The van der Waals surface area contributed by atoms with Crippen LogP contribution in [-0.4, -0.2) is 12.6 Å². The molecule has 20 heavy (non-hydrogen) atoms. The zero-order valence-corrected chi connectivity index (χ0v) is 12.5. The molecule has 0 saturated carbocycles. The van der Waals surface area contributed by atoms with Crippen molar-refractivity contribution in [3.8, 4) is 0 Å². The lowest BCUT2D eigenvalue weighted by atomic mass is 10.1. The van der Waals surface area contributed by atoms with Gasteiger partial charge in [0.05, 0.1) is 19.8 Å². The predicted molar refractivity (Wildman–Crippen MR) is 82.7 cm³/mol. The Bertz CT molecular complexity index is 569. The smallest absolute Gasteiger partial charge is 0.134 e. The molecule has 0 fully saturated rings. The second-order valence-electron chi connectivity index (χ2n) is 5.12. The number of rotatable bonds is 7. The SMILES string of the molecule is CC=CCOCc1c(CNC(C)C)oc2ccccc12. The zero-order chi connectivity index (χ0) is 14.4. The third-order valence-corrected chi connectivity index (χ3v) is 3.15. The third-order valence-electron chi connectivity index (χ3n) is 3.15. The minimum Gasteiger partial charge on any atom is -0.459 e. The van der Waals surface area contributed by atoms with Crippen LogP contribution >= 0.6 is 0 Å². The van der Waals surface area contributed by atoms with E-state index >= 15 is 0 Å². The van der Waals surface area contributed by atoms with E-state index in [2.05, 4.69) is 25.2 Å². The highest BCUT2D eigenvalue weighted by Crippen LogP contribution is 2.26. The fourth-order valence-corrected chi connectivity index (χ4v) is 2.07. The van der Waals surface area contributed by atoms with Gasteiger partial charge < -0.3 is 14.5 Å². The number of fused-ring (bicyclic) bond motifs is 1. The minimum atomic E-state index is 0.431. The summed E-state index contributed by atoms with van der Waals surface area (Å²) in [4.78, 5) is 0. The number of hydrogen-bond donors (Lipinski definition) is 1. The van der Waals surface area contributed by atoms with Crippen molar-refractivity contribution < 1.29 is 9.15 Å². The van der Waals surface area contributed by atoms with Gasteiger partial charge in [-0.2, -0.15) is 0 Å². The molecule has 1 aromatic carbocycles. The molecular weight excluding hydrogens is 250 g/mol. The monoisotopic (exact) mass is 273 g/mol. The van der Waals surface area contributed by atoms with Crippen molar-refractivity contribution >= 4 is 11.0 Å². The number of allylic oxidation sites excluding steroid dienone is 1. The van der Waals surface area contributed by atoms with Crippen LogP contribution in [0.3, 0.4) is 0 Å². The van der Waals surface area contributed by atoms with E-state index in [9.17, 15) is 0 Å². The summed E-state index contributed by atoms with van der Waals surface area (Å²) in [6.45, 7) is 8.20. The van der Waals surface area contributed by atoms with Crippen LogP contribution in [0.25, 0.3) is 11.0 Å². The van der Waals surface area contributed by atoms with Crippen LogP contribution < -0.4 is 5.32 Å². The van der Waals surface area contributed by atoms with E-state index in [0.29, 0.717) is 19.3 Å². The summed E-state index contributed by atoms with van der Waals surface area (Å²) in [5.41, 5.74) is 2.08. The van der Waals surface area contributed by atoms with Gasteiger partial charge in [0.25, 0.3) is 0 Å². The molecule has 0 aliphatic carbocycles. The molecule has 0 atom stereocenters. The molecule has 0 radical (unpaired) electrons. The van der Waals surface area contributed by atoms with Crippen LogP contribution in [0.4, 0.5) is 0 Å². The summed E-state index contributed by atoms with van der Waals surface area (Å²) in [7, 11) is 0. The molecular formula is C17H23NO2. The molecule has 2 rings (SSSR count). The van der Waals surface area contributed by atoms with Crippen molar-refractivity contribution in [2.45, 2.75) is 40.0 Å². The largest absolute Gasteiger partial charge is 0.459 e. The van der Waals surface area contributed by atoms with Crippen LogP contribution in [0.15, 0.2) is 40.8 Å². The summed E-state index contributed by atoms with van der Waals surface area (Å²) in [6, 6.07) is 8.55. The molecule has 1 N–H and O–H groups in total. The Morgan fingerprint density at radius 2 is 2.10 bits per heavy atom. The molecule has 0 aliphatic heterocycles. The van der Waals surface area contributed by atoms with E-state index in [1.807, 2.05) is 37.3 Å². The molecule has 0 bridgehead atoms. The van der Waals surface area contributed by atoms with Crippen LogP contribution in [0.2, 0.25) is 0 Å². The lowest BCUT2D eigenvalue weighted by Crippen LogP contribution is -2.22. The third kappa shape index (κ3) is 3.71. The van der Waals surface area contributed by atoms with E-state index in [1.165, 1.54) is 0 Å². The average Bonchev–Trinajstić information content (AvgIpc) is 2.79. The van der Waals surface area contributed by atoms with E-state index in [4.69, 9.17) is 9.15 Å². The number of ether oxygens (including phenoxy) is 1. The van der Waals surface area contributed by atoms with Crippen molar-refractivity contribution in [3.05, 3.63) is 47.7 Å². The molecule has 0 aliphatic rings. The summed E-state index contributed by atoms with van der Waals surface area (Å²) in [6.07, 6.45) is 4.00. The molecule has 1 heterocycles. The Kier molecular flexibility index (Phi) is 5.39. The van der Waals surface area contributed by atoms with Gasteiger partial charge in [-0.05, 0) is 13.0 Å². The fraction of sp³-hybridized carbons (Fsp3) is 0.412. The molecule has 0 spiro atoms. The second-order valence-corrected chi connectivity index (χ2v) is 5.12. The first-order valence-electron chi connectivity index (χ1n) is 7.14. The number of benzene rings is 1. The Hall–Kier alpha value is -1.58. The Balaban J connectivity index is 2.20. The Morgan fingerprint density at radius 1 is 1.30 bits per heavy atom. The molecule has 0 unspecified atom stereocenters. The summed E-state index contributed by atoms with van der Waals surface area (Å²) >= 11 is 0. The molecule has 0 saturated heterocycles. The number of para-hydroxylation sites is 1. The maximum absolute atomic E-state index is 5.95. The summed E-state index contributed by atoms with van der Waals surface area (Å²) in [5, 5.41) is 4.55. The van der Waals surface area contributed by atoms with Gasteiger partial charge in [0.1, 0.15) is 11.3 Å². The number of furan rings is 1. The van der Waals surface area contributed by atoms with Gasteiger partial charge in [-0.15, -0.1) is 0 Å². The zero-order valence-electron chi connectivity index (χ0n) is 12.5. The highest BCUT2D eigenvalue weighted by Gasteiger charge is 2.13. The van der Waals surface area contributed by atoms with Crippen molar-refractivity contribution in [1.29, 1.82) is 0 Å². The fourth-order valence-electron chi connectivity index (χ4n) is 2.07. The molecule has 108 valence electrons. The minimum absolute atomic E-state index is 0.431. The van der Waals surface area contributed by atoms with Gasteiger partial charge in [0.15, 0.2) is 0 Å². The summed E-state index contributed by atoms with van der Waals surface area (Å²) < 4.78 is 11.6. The number of nitrogens with one attached hydrogen (secondary N) is 1. The first kappa shape index (κ1) is 14.8. The van der Waals surface area contributed by atoms with Crippen molar-refractivity contribution in [1.82, 2.24) is 5.32 Å². The van der Waals surface area contributed by atoms with E-state index in [-0.39, 0.29) is 0 Å². The van der Waals surface area contributed by atoms with Crippen LogP contribution in [0.5, 0.6) is 0 Å². The standard InChI is InChI=1S/C17H23NO2/c1-4-5-10-19-12-15-14-8-6-7-9-16(14)20-17(15)11-18-13(2)3/h4-9,13,18H,10-12H2,1-3H3. The van der Waals surface area contributed by atoms with Crippen LogP contribution in [-0.2, 0) is 17.9 Å². The second kappa shape index (κ2) is 7.27. The maximum atomic E-state index is 5.95. The lowest BCUT2D eigenvalue weighted by Gasteiger charge is -2.08. The molecule has 0 amide bonds. The van der Waals surface area contributed by atoms with Gasteiger partial charge in [0, 0.05) is 17.0 Å².